The maximum atomic E-state index is 12.9. The summed E-state index contributed by atoms with van der Waals surface area (Å²) < 4.78 is 0. The van der Waals surface area contributed by atoms with Gasteiger partial charge in [-0.1, -0.05) is 58.0 Å². The minimum atomic E-state index is -0.867. The third kappa shape index (κ3) is 7.13. The molecular weight excluding hydrogens is 358 g/mol. The smallest absolute Gasteiger partial charge is 0.243 e. The normalized spacial score (nSPS) is 12.8. The summed E-state index contributed by atoms with van der Waals surface area (Å²) in [4.78, 5) is 48.3. The predicted molar refractivity (Wildman–Crippen MR) is 107 cm³/mol. The number of benzene rings is 1. The van der Waals surface area contributed by atoms with E-state index >= 15 is 0 Å². The highest BCUT2D eigenvalue weighted by molar-refractivity contribution is 5.92. The van der Waals surface area contributed by atoms with Crippen molar-refractivity contribution in [1.82, 2.24) is 10.6 Å². The number of nitrogens with one attached hydrogen (secondary N) is 2. The molecule has 4 N–H and O–H groups in total. The number of rotatable bonds is 10. The standard InChI is InChI=1S/C21H31N3O4/c1-14(25)20(2,3)13-21(4,5)19(28)24-16(18(27)23-12-17(22)26)11-15-9-7-6-8-10-15/h6-10,16H,11-13H2,1-5H3,(H2,22,26)(H,23,27)(H,24,28). The molecule has 1 aromatic carbocycles. The van der Waals surface area contributed by atoms with Gasteiger partial charge in [0.25, 0.3) is 0 Å². The van der Waals surface area contributed by atoms with Gasteiger partial charge in [-0.25, -0.2) is 0 Å². The molecule has 1 aromatic rings. The van der Waals surface area contributed by atoms with Crippen molar-refractivity contribution in [2.24, 2.45) is 16.6 Å². The Hall–Kier alpha value is -2.70. The van der Waals surface area contributed by atoms with E-state index in [0.717, 1.165) is 5.56 Å². The fraction of sp³-hybridized carbons (Fsp3) is 0.524. The number of hydrogen-bond donors (Lipinski definition) is 3. The van der Waals surface area contributed by atoms with Crippen LogP contribution in [-0.4, -0.2) is 36.1 Å². The van der Waals surface area contributed by atoms with Crippen molar-refractivity contribution in [2.45, 2.75) is 53.5 Å². The van der Waals surface area contributed by atoms with E-state index in [0.29, 0.717) is 6.42 Å². The molecule has 0 aliphatic rings. The molecule has 0 saturated heterocycles. The van der Waals surface area contributed by atoms with Gasteiger partial charge in [0.05, 0.1) is 6.54 Å². The summed E-state index contributed by atoms with van der Waals surface area (Å²) in [5.74, 6) is -1.50. The lowest BCUT2D eigenvalue weighted by molar-refractivity contribution is -0.137. The van der Waals surface area contributed by atoms with Crippen LogP contribution in [-0.2, 0) is 25.6 Å². The fourth-order valence-electron chi connectivity index (χ4n) is 3.02. The van der Waals surface area contributed by atoms with Gasteiger partial charge in [0.2, 0.25) is 17.7 Å². The zero-order valence-electron chi connectivity index (χ0n) is 17.3. The Balaban J connectivity index is 2.97. The Labute approximate surface area is 166 Å². The number of ketones is 1. The quantitative estimate of drug-likeness (QED) is 0.560. The van der Waals surface area contributed by atoms with Crippen molar-refractivity contribution >= 4 is 23.5 Å². The van der Waals surface area contributed by atoms with Gasteiger partial charge in [-0.2, -0.15) is 0 Å². The Kier molecular flexibility index (Phi) is 7.90. The Morgan fingerprint density at radius 1 is 1.00 bits per heavy atom. The molecule has 1 atom stereocenters. The minimum absolute atomic E-state index is 0.00610. The van der Waals surface area contributed by atoms with Crippen LogP contribution < -0.4 is 16.4 Å². The fourth-order valence-corrected chi connectivity index (χ4v) is 3.02. The van der Waals surface area contributed by atoms with Gasteiger partial charge >= 0.3 is 0 Å². The number of hydrogen-bond acceptors (Lipinski definition) is 4. The number of carbonyl (C=O) groups excluding carboxylic acids is 4. The van der Waals surface area contributed by atoms with Crippen LogP contribution in [0, 0.1) is 10.8 Å². The summed E-state index contributed by atoms with van der Waals surface area (Å²) in [6.07, 6.45) is 0.603. The van der Waals surface area contributed by atoms with E-state index in [1.807, 2.05) is 30.3 Å². The van der Waals surface area contributed by atoms with Crippen molar-refractivity contribution in [3.63, 3.8) is 0 Å². The average Bonchev–Trinajstić information content (AvgIpc) is 2.58. The molecule has 3 amide bonds. The van der Waals surface area contributed by atoms with E-state index in [2.05, 4.69) is 10.6 Å². The van der Waals surface area contributed by atoms with Crippen LogP contribution in [0.25, 0.3) is 0 Å². The maximum Gasteiger partial charge on any atom is 0.243 e. The van der Waals surface area contributed by atoms with Crippen LogP contribution in [0.1, 0.15) is 46.6 Å². The summed E-state index contributed by atoms with van der Waals surface area (Å²) in [6.45, 7) is 8.28. The number of carbonyl (C=O) groups is 4. The molecule has 0 heterocycles. The molecule has 0 aliphatic heterocycles. The zero-order valence-corrected chi connectivity index (χ0v) is 17.3. The molecule has 154 valence electrons. The van der Waals surface area contributed by atoms with Gasteiger partial charge in [0, 0.05) is 17.3 Å². The van der Waals surface area contributed by atoms with E-state index in [9.17, 15) is 19.2 Å². The first-order chi connectivity index (χ1) is 12.8. The molecule has 0 aromatic heterocycles. The molecule has 1 unspecified atom stereocenters. The molecule has 1 rings (SSSR count). The molecule has 0 spiro atoms. The van der Waals surface area contributed by atoms with Crippen LogP contribution in [0.3, 0.4) is 0 Å². The Morgan fingerprint density at radius 3 is 2.07 bits per heavy atom. The van der Waals surface area contributed by atoms with Gasteiger partial charge in [-0.15, -0.1) is 0 Å². The van der Waals surface area contributed by atoms with Crippen molar-refractivity contribution in [1.29, 1.82) is 0 Å². The van der Waals surface area contributed by atoms with E-state index in [-0.39, 0.29) is 24.7 Å². The first kappa shape index (κ1) is 23.3. The number of nitrogens with two attached hydrogens (primary N) is 1. The largest absolute Gasteiger partial charge is 0.368 e. The Bertz CT molecular complexity index is 726. The monoisotopic (exact) mass is 389 g/mol. The van der Waals surface area contributed by atoms with Crippen LogP contribution in [0.15, 0.2) is 30.3 Å². The molecule has 0 bridgehead atoms. The van der Waals surface area contributed by atoms with E-state index < -0.39 is 28.7 Å². The number of Topliss-reactive ketones (excluding diaryl/α,β-unsaturated/α-hetero) is 1. The second kappa shape index (κ2) is 9.48. The average molecular weight is 389 g/mol. The summed E-state index contributed by atoms with van der Waals surface area (Å²) in [6, 6.07) is 8.38. The van der Waals surface area contributed by atoms with E-state index in [1.54, 1.807) is 27.7 Å². The van der Waals surface area contributed by atoms with E-state index in [1.165, 1.54) is 6.92 Å². The summed E-state index contributed by atoms with van der Waals surface area (Å²) in [7, 11) is 0. The van der Waals surface area contributed by atoms with Crippen molar-refractivity contribution in [2.75, 3.05) is 6.54 Å². The molecule has 0 fully saturated rings. The SMILES string of the molecule is CC(=O)C(C)(C)CC(C)(C)C(=O)NC(Cc1ccccc1)C(=O)NCC(N)=O. The first-order valence-electron chi connectivity index (χ1n) is 9.27. The first-order valence-corrected chi connectivity index (χ1v) is 9.27. The second-order valence-corrected chi connectivity index (χ2v) is 8.40. The van der Waals surface area contributed by atoms with Crippen molar-refractivity contribution in [3.05, 3.63) is 35.9 Å². The van der Waals surface area contributed by atoms with E-state index in [4.69, 9.17) is 5.73 Å². The maximum absolute atomic E-state index is 12.9. The molecule has 0 radical (unpaired) electrons. The van der Waals surface area contributed by atoms with Gasteiger partial charge in [0.15, 0.2) is 0 Å². The minimum Gasteiger partial charge on any atom is -0.368 e. The molecule has 0 aliphatic carbocycles. The summed E-state index contributed by atoms with van der Waals surface area (Å²) >= 11 is 0. The summed E-state index contributed by atoms with van der Waals surface area (Å²) in [5, 5.41) is 5.22. The highest BCUT2D eigenvalue weighted by Gasteiger charge is 2.38. The lowest BCUT2D eigenvalue weighted by atomic mass is 9.72. The number of amides is 3. The molecule has 7 heteroatoms. The molecular formula is C21H31N3O4. The molecule has 28 heavy (non-hydrogen) atoms. The van der Waals surface area contributed by atoms with Gasteiger partial charge in [-0.3, -0.25) is 19.2 Å². The second-order valence-electron chi connectivity index (χ2n) is 8.40. The molecule has 0 saturated carbocycles. The van der Waals surface area contributed by atoms with Gasteiger partial charge < -0.3 is 16.4 Å². The third-order valence-corrected chi connectivity index (χ3v) is 4.79. The predicted octanol–water partition coefficient (Wildman–Crippen LogP) is 1.35. The van der Waals surface area contributed by atoms with Crippen LogP contribution in [0.5, 0.6) is 0 Å². The van der Waals surface area contributed by atoms with Crippen molar-refractivity contribution in [3.8, 4) is 0 Å². The molecule has 7 nitrogen and oxygen atoms in total. The van der Waals surface area contributed by atoms with Gasteiger partial charge in [-0.05, 0) is 18.9 Å². The van der Waals surface area contributed by atoms with Crippen LogP contribution in [0.4, 0.5) is 0 Å². The highest BCUT2D eigenvalue weighted by atomic mass is 16.2. The summed E-state index contributed by atoms with van der Waals surface area (Å²) in [5.41, 5.74) is 4.42. The lowest BCUT2D eigenvalue weighted by Gasteiger charge is -2.33. The topological polar surface area (TPSA) is 118 Å². The number of primary amides is 1. The third-order valence-electron chi connectivity index (χ3n) is 4.79. The lowest BCUT2D eigenvalue weighted by Crippen LogP contribution is -2.53. The highest BCUT2D eigenvalue weighted by Crippen LogP contribution is 2.34. The van der Waals surface area contributed by atoms with Crippen LogP contribution in [0.2, 0.25) is 0 Å². The Morgan fingerprint density at radius 2 is 1.57 bits per heavy atom. The van der Waals surface area contributed by atoms with Crippen LogP contribution >= 0.6 is 0 Å². The van der Waals surface area contributed by atoms with Crippen molar-refractivity contribution < 1.29 is 19.2 Å². The van der Waals surface area contributed by atoms with Gasteiger partial charge in [0.1, 0.15) is 11.8 Å². The zero-order chi connectivity index (χ0) is 21.5.